The molecule has 0 saturated carbocycles. The summed E-state index contributed by atoms with van der Waals surface area (Å²) < 4.78 is 48.6. The SMILES string of the molecule is CC1CN(C(=O)c2cnn(-c3cccc(Cl)c3)c2C(F)(F)F)CC(c2ccccc2)O1. The number of nitrogens with zero attached hydrogens (tertiary/aromatic N) is 3. The van der Waals surface area contributed by atoms with Gasteiger partial charge < -0.3 is 9.64 Å². The van der Waals surface area contributed by atoms with Crippen molar-refractivity contribution in [3.05, 3.63) is 82.6 Å². The Labute approximate surface area is 182 Å². The van der Waals surface area contributed by atoms with Gasteiger partial charge in [0.1, 0.15) is 6.10 Å². The minimum Gasteiger partial charge on any atom is -0.367 e. The van der Waals surface area contributed by atoms with Crippen molar-refractivity contribution in [3.63, 3.8) is 0 Å². The summed E-state index contributed by atoms with van der Waals surface area (Å²) in [6.45, 7) is 2.12. The van der Waals surface area contributed by atoms with E-state index in [0.29, 0.717) is 4.68 Å². The van der Waals surface area contributed by atoms with Gasteiger partial charge >= 0.3 is 6.18 Å². The molecule has 0 N–H and O–H groups in total. The zero-order valence-electron chi connectivity index (χ0n) is 16.5. The lowest BCUT2D eigenvalue weighted by Gasteiger charge is -2.37. The highest BCUT2D eigenvalue weighted by Crippen LogP contribution is 2.35. The Morgan fingerprint density at radius 3 is 2.55 bits per heavy atom. The summed E-state index contributed by atoms with van der Waals surface area (Å²) in [5.74, 6) is -0.739. The highest BCUT2D eigenvalue weighted by molar-refractivity contribution is 6.30. The lowest BCUT2D eigenvalue weighted by atomic mass is 10.1. The van der Waals surface area contributed by atoms with Crippen LogP contribution >= 0.6 is 11.6 Å². The molecule has 0 aliphatic carbocycles. The van der Waals surface area contributed by atoms with E-state index in [1.807, 2.05) is 30.3 Å². The number of morpholine rings is 1. The molecular formula is C22H19ClF3N3O2. The normalized spacial score (nSPS) is 19.5. The zero-order chi connectivity index (χ0) is 22.2. The number of benzene rings is 2. The van der Waals surface area contributed by atoms with Gasteiger partial charge in [-0.15, -0.1) is 0 Å². The van der Waals surface area contributed by atoms with Crippen molar-refractivity contribution in [2.45, 2.75) is 25.3 Å². The predicted molar refractivity (Wildman–Crippen MR) is 109 cm³/mol. The summed E-state index contributed by atoms with van der Waals surface area (Å²) in [5, 5.41) is 4.13. The van der Waals surface area contributed by atoms with Gasteiger partial charge in [-0.05, 0) is 30.7 Å². The van der Waals surface area contributed by atoms with E-state index in [1.165, 1.54) is 23.1 Å². The van der Waals surface area contributed by atoms with Gasteiger partial charge in [0, 0.05) is 11.6 Å². The summed E-state index contributed by atoms with van der Waals surface area (Å²) in [4.78, 5) is 14.6. The molecule has 2 aromatic carbocycles. The van der Waals surface area contributed by atoms with E-state index in [2.05, 4.69) is 5.10 Å². The van der Waals surface area contributed by atoms with Crippen molar-refractivity contribution < 1.29 is 22.7 Å². The summed E-state index contributed by atoms with van der Waals surface area (Å²) in [5.41, 5.74) is -0.655. The third-order valence-electron chi connectivity index (χ3n) is 5.04. The number of aromatic nitrogens is 2. The van der Waals surface area contributed by atoms with Crippen LogP contribution in [0.1, 0.15) is 34.6 Å². The number of amides is 1. The quantitative estimate of drug-likeness (QED) is 0.556. The Hall–Kier alpha value is -2.84. The van der Waals surface area contributed by atoms with Crippen LogP contribution in [-0.2, 0) is 10.9 Å². The highest BCUT2D eigenvalue weighted by Gasteiger charge is 2.42. The molecule has 162 valence electrons. The summed E-state index contributed by atoms with van der Waals surface area (Å²) in [7, 11) is 0. The molecule has 5 nitrogen and oxygen atoms in total. The van der Waals surface area contributed by atoms with Gasteiger partial charge in [0.2, 0.25) is 0 Å². The van der Waals surface area contributed by atoms with E-state index in [9.17, 15) is 18.0 Å². The average Bonchev–Trinajstić information content (AvgIpc) is 3.19. The number of rotatable bonds is 3. The predicted octanol–water partition coefficient (Wildman–Crippen LogP) is 5.15. The number of carbonyl (C=O) groups excluding carboxylic acids is 1. The third-order valence-corrected chi connectivity index (χ3v) is 5.27. The molecule has 1 aliphatic rings. The van der Waals surface area contributed by atoms with Crippen LogP contribution in [0.25, 0.3) is 5.69 Å². The van der Waals surface area contributed by atoms with Gasteiger partial charge in [-0.1, -0.05) is 48.0 Å². The van der Waals surface area contributed by atoms with E-state index in [0.717, 1.165) is 11.8 Å². The maximum atomic E-state index is 14.0. The number of hydrogen-bond acceptors (Lipinski definition) is 3. The molecule has 1 aliphatic heterocycles. The molecule has 1 amide bonds. The van der Waals surface area contributed by atoms with Crippen LogP contribution in [0.2, 0.25) is 5.02 Å². The first-order valence-electron chi connectivity index (χ1n) is 9.65. The standard InChI is InChI=1S/C22H19ClF3N3O2/c1-14-12-28(13-19(31-14)15-6-3-2-4-7-15)21(30)18-11-27-29(20(18)22(24,25)26)17-9-5-8-16(23)10-17/h2-11,14,19H,12-13H2,1H3. The van der Waals surface area contributed by atoms with Gasteiger partial charge in [0.15, 0.2) is 5.69 Å². The molecule has 1 fully saturated rings. The second-order valence-electron chi connectivity index (χ2n) is 7.35. The molecular weight excluding hydrogens is 431 g/mol. The molecule has 4 rings (SSSR count). The van der Waals surface area contributed by atoms with Crippen molar-refractivity contribution in [1.29, 1.82) is 0 Å². The van der Waals surface area contributed by atoms with E-state index in [4.69, 9.17) is 16.3 Å². The molecule has 31 heavy (non-hydrogen) atoms. The number of alkyl halides is 3. The van der Waals surface area contributed by atoms with Crippen molar-refractivity contribution in [2.24, 2.45) is 0 Å². The lowest BCUT2D eigenvalue weighted by molar-refractivity contribution is -0.143. The topological polar surface area (TPSA) is 47.4 Å². The number of ether oxygens (including phenoxy) is 1. The van der Waals surface area contributed by atoms with Crippen LogP contribution in [0.3, 0.4) is 0 Å². The number of carbonyl (C=O) groups is 1. The second kappa shape index (κ2) is 8.36. The summed E-state index contributed by atoms with van der Waals surface area (Å²) >= 11 is 5.93. The zero-order valence-corrected chi connectivity index (χ0v) is 17.3. The average molecular weight is 450 g/mol. The van der Waals surface area contributed by atoms with Gasteiger partial charge in [-0.2, -0.15) is 18.3 Å². The Bertz CT molecular complexity index is 1090. The van der Waals surface area contributed by atoms with Crippen LogP contribution < -0.4 is 0 Å². The maximum Gasteiger partial charge on any atom is 0.434 e. The highest BCUT2D eigenvalue weighted by atomic mass is 35.5. The molecule has 9 heteroatoms. The molecule has 2 heterocycles. The molecule has 0 radical (unpaired) electrons. The molecule has 1 aromatic heterocycles. The first-order chi connectivity index (χ1) is 14.7. The fraction of sp³-hybridized carbons (Fsp3) is 0.273. The van der Waals surface area contributed by atoms with Gasteiger partial charge in [-0.3, -0.25) is 4.79 Å². The molecule has 0 spiro atoms. The second-order valence-corrected chi connectivity index (χ2v) is 7.79. The van der Waals surface area contributed by atoms with Crippen LogP contribution in [0.4, 0.5) is 13.2 Å². The van der Waals surface area contributed by atoms with Crippen molar-refractivity contribution >= 4 is 17.5 Å². The largest absolute Gasteiger partial charge is 0.434 e. The Kier molecular flexibility index (Phi) is 5.77. The van der Waals surface area contributed by atoms with Gasteiger partial charge in [0.05, 0.1) is 30.1 Å². The van der Waals surface area contributed by atoms with Crippen LogP contribution in [0, 0.1) is 0 Å². The fourth-order valence-corrected chi connectivity index (χ4v) is 3.91. The fourth-order valence-electron chi connectivity index (χ4n) is 3.72. The molecule has 2 unspecified atom stereocenters. The molecule has 2 atom stereocenters. The van der Waals surface area contributed by atoms with E-state index in [1.54, 1.807) is 13.0 Å². The third kappa shape index (κ3) is 4.45. The maximum absolute atomic E-state index is 14.0. The number of halogens is 4. The molecule has 1 saturated heterocycles. The van der Waals surface area contributed by atoms with Crippen LogP contribution in [0.15, 0.2) is 60.8 Å². The van der Waals surface area contributed by atoms with E-state index in [-0.39, 0.29) is 29.9 Å². The molecule has 0 bridgehead atoms. The number of hydrogen-bond donors (Lipinski definition) is 0. The monoisotopic (exact) mass is 449 g/mol. The van der Waals surface area contributed by atoms with Gasteiger partial charge in [-0.25, -0.2) is 4.68 Å². The van der Waals surface area contributed by atoms with Crippen molar-refractivity contribution in [2.75, 3.05) is 13.1 Å². The van der Waals surface area contributed by atoms with Gasteiger partial charge in [0.25, 0.3) is 5.91 Å². The Morgan fingerprint density at radius 2 is 1.87 bits per heavy atom. The minimum atomic E-state index is -4.79. The van der Waals surface area contributed by atoms with Crippen LogP contribution in [-0.4, -0.2) is 39.8 Å². The van der Waals surface area contributed by atoms with Crippen molar-refractivity contribution in [1.82, 2.24) is 14.7 Å². The van der Waals surface area contributed by atoms with E-state index >= 15 is 0 Å². The van der Waals surface area contributed by atoms with E-state index < -0.39 is 29.4 Å². The smallest absolute Gasteiger partial charge is 0.367 e. The van der Waals surface area contributed by atoms with Crippen molar-refractivity contribution in [3.8, 4) is 5.69 Å². The Balaban J connectivity index is 1.70. The minimum absolute atomic E-state index is 0.122. The lowest BCUT2D eigenvalue weighted by Crippen LogP contribution is -2.46. The first kappa shape index (κ1) is 21.4. The Morgan fingerprint density at radius 1 is 1.13 bits per heavy atom. The first-order valence-corrected chi connectivity index (χ1v) is 10.0. The summed E-state index contributed by atoms with van der Waals surface area (Å²) in [6.07, 6.45) is -4.59. The van der Waals surface area contributed by atoms with Crippen LogP contribution in [0.5, 0.6) is 0 Å². The molecule has 3 aromatic rings. The summed E-state index contributed by atoms with van der Waals surface area (Å²) in [6, 6.07) is 15.2.